The smallest absolute Gasteiger partial charge is 0.263 e. The Balaban J connectivity index is 1.82. The zero-order chi connectivity index (χ0) is 13.0. The van der Waals surface area contributed by atoms with Crippen molar-refractivity contribution in [3.63, 3.8) is 0 Å². The van der Waals surface area contributed by atoms with Crippen LogP contribution in [-0.2, 0) is 11.3 Å². The van der Waals surface area contributed by atoms with E-state index in [1.54, 1.807) is 12.1 Å². The molecule has 0 aromatic heterocycles. The second-order valence-electron chi connectivity index (χ2n) is 4.76. The second-order valence-corrected chi connectivity index (χ2v) is 4.76. The molecular formula is C14H19F2NO. The number of alkyl halides is 2. The summed E-state index contributed by atoms with van der Waals surface area (Å²) in [4.78, 5) is 0. The highest BCUT2D eigenvalue weighted by molar-refractivity contribution is 5.23. The minimum absolute atomic E-state index is 0.0749. The van der Waals surface area contributed by atoms with Crippen LogP contribution < -0.4 is 5.32 Å². The predicted octanol–water partition coefficient (Wildman–Crippen LogP) is 3.28. The van der Waals surface area contributed by atoms with Gasteiger partial charge in [0.05, 0.1) is 6.10 Å². The molecule has 100 valence electrons. The molecule has 1 saturated heterocycles. The van der Waals surface area contributed by atoms with E-state index >= 15 is 0 Å². The molecule has 1 aliphatic rings. The van der Waals surface area contributed by atoms with Crippen LogP contribution in [0.2, 0.25) is 0 Å². The topological polar surface area (TPSA) is 21.3 Å². The summed E-state index contributed by atoms with van der Waals surface area (Å²) in [5.74, 6) is 0. The highest BCUT2D eigenvalue weighted by atomic mass is 19.3. The summed E-state index contributed by atoms with van der Waals surface area (Å²) in [7, 11) is 0. The second kappa shape index (κ2) is 6.25. The largest absolute Gasteiger partial charge is 0.377 e. The fraction of sp³-hybridized carbons (Fsp3) is 0.571. The van der Waals surface area contributed by atoms with Crippen molar-refractivity contribution in [1.29, 1.82) is 0 Å². The average molecular weight is 255 g/mol. The minimum atomic E-state index is -2.39. The fourth-order valence-corrected chi connectivity index (χ4v) is 2.19. The molecule has 0 spiro atoms. The molecule has 1 fully saturated rings. The number of ether oxygens (including phenoxy) is 1. The SMILES string of the molecule is CC(NCc1ccc(C(F)F)cc1)C1CCCO1. The van der Waals surface area contributed by atoms with Crippen LogP contribution in [0.3, 0.4) is 0 Å². The molecule has 1 heterocycles. The standard InChI is InChI=1S/C14H19F2NO/c1-10(13-3-2-8-18-13)17-9-11-4-6-12(7-5-11)14(15)16/h4-7,10,13-14,17H,2-3,8-9H2,1H3. The fourth-order valence-electron chi connectivity index (χ4n) is 2.19. The Morgan fingerprint density at radius 3 is 2.61 bits per heavy atom. The summed E-state index contributed by atoms with van der Waals surface area (Å²) in [6.45, 7) is 3.63. The highest BCUT2D eigenvalue weighted by Gasteiger charge is 2.21. The van der Waals surface area contributed by atoms with Crippen LogP contribution in [0.4, 0.5) is 8.78 Å². The van der Waals surface area contributed by atoms with Crippen LogP contribution >= 0.6 is 0 Å². The number of rotatable bonds is 5. The number of benzene rings is 1. The van der Waals surface area contributed by atoms with Crippen LogP contribution in [0.25, 0.3) is 0 Å². The number of nitrogens with one attached hydrogen (secondary N) is 1. The van der Waals surface area contributed by atoms with Crippen molar-refractivity contribution >= 4 is 0 Å². The van der Waals surface area contributed by atoms with Gasteiger partial charge in [0.15, 0.2) is 0 Å². The average Bonchev–Trinajstić information content (AvgIpc) is 2.90. The van der Waals surface area contributed by atoms with Crippen LogP contribution in [0, 0.1) is 0 Å². The minimum Gasteiger partial charge on any atom is -0.377 e. The quantitative estimate of drug-likeness (QED) is 0.871. The van der Waals surface area contributed by atoms with E-state index < -0.39 is 6.43 Å². The maximum Gasteiger partial charge on any atom is 0.263 e. The Hall–Kier alpha value is -1.00. The van der Waals surface area contributed by atoms with E-state index in [1.807, 2.05) is 0 Å². The van der Waals surface area contributed by atoms with Crippen molar-refractivity contribution in [2.45, 2.75) is 44.9 Å². The van der Waals surface area contributed by atoms with E-state index in [0.717, 1.165) is 25.0 Å². The summed E-state index contributed by atoms with van der Waals surface area (Å²) in [5, 5.41) is 3.38. The molecule has 0 bridgehead atoms. The Morgan fingerprint density at radius 2 is 2.06 bits per heavy atom. The van der Waals surface area contributed by atoms with Gasteiger partial charge >= 0.3 is 0 Å². The molecule has 2 unspecified atom stereocenters. The van der Waals surface area contributed by atoms with E-state index in [9.17, 15) is 8.78 Å². The van der Waals surface area contributed by atoms with E-state index in [1.165, 1.54) is 12.1 Å². The summed E-state index contributed by atoms with van der Waals surface area (Å²) in [5.41, 5.74) is 1.09. The third kappa shape index (κ3) is 3.50. The maximum atomic E-state index is 12.4. The van der Waals surface area contributed by atoms with Crippen LogP contribution in [0.15, 0.2) is 24.3 Å². The first-order chi connectivity index (χ1) is 8.66. The lowest BCUT2D eigenvalue weighted by Crippen LogP contribution is -2.36. The molecule has 2 nitrogen and oxygen atoms in total. The number of halogens is 2. The first-order valence-corrected chi connectivity index (χ1v) is 6.39. The normalized spacial score (nSPS) is 21.4. The Kier molecular flexibility index (Phi) is 4.66. The van der Waals surface area contributed by atoms with E-state index in [-0.39, 0.29) is 11.7 Å². The zero-order valence-corrected chi connectivity index (χ0v) is 10.5. The van der Waals surface area contributed by atoms with Gasteiger partial charge in [0.1, 0.15) is 0 Å². The maximum absolute atomic E-state index is 12.4. The van der Waals surface area contributed by atoms with Crippen molar-refractivity contribution < 1.29 is 13.5 Å². The van der Waals surface area contributed by atoms with Gasteiger partial charge in [-0.3, -0.25) is 0 Å². The Bertz CT molecular complexity index is 361. The molecule has 18 heavy (non-hydrogen) atoms. The van der Waals surface area contributed by atoms with Gasteiger partial charge < -0.3 is 10.1 Å². The van der Waals surface area contributed by atoms with Crippen molar-refractivity contribution in [3.05, 3.63) is 35.4 Å². The monoisotopic (exact) mass is 255 g/mol. The van der Waals surface area contributed by atoms with Gasteiger partial charge in [-0.05, 0) is 25.3 Å². The molecule has 2 atom stereocenters. The third-order valence-electron chi connectivity index (χ3n) is 3.38. The predicted molar refractivity (Wildman–Crippen MR) is 66.7 cm³/mol. The van der Waals surface area contributed by atoms with Crippen LogP contribution in [0.5, 0.6) is 0 Å². The summed E-state index contributed by atoms with van der Waals surface area (Å²) >= 11 is 0. The van der Waals surface area contributed by atoms with Gasteiger partial charge in [-0.25, -0.2) is 8.78 Å². The van der Waals surface area contributed by atoms with Gasteiger partial charge in [-0.2, -0.15) is 0 Å². The summed E-state index contributed by atoms with van der Waals surface area (Å²) in [6.07, 6.45) is 0.112. The molecule has 0 amide bonds. The lowest BCUT2D eigenvalue weighted by Gasteiger charge is -2.20. The molecule has 1 aliphatic heterocycles. The molecule has 4 heteroatoms. The Morgan fingerprint density at radius 1 is 1.33 bits per heavy atom. The Labute approximate surface area is 106 Å². The van der Waals surface area contributed by atoms with E-state index in [4.69, 9.17) is 4.74 Å². The molecule has 1 aromatic carbocycles. The molecule has 1 aromatic rings. The lowest BCUT2D eigenvalue weighted by atomic mass is 10.1. The van der Waals surface area contributed by atoms with Crippen LogP contribution in [-0.4, -0.2) is 18.8 Å². The lowest BCUT2D eigenvalue weighted by molar-refractivity contribution is 0.0832. The van der Waals surface area contributed by atoms with Gasteiger partial charge in [0, 0.05) is 24.8 Å². The zero-order valence-electron chi connectivity index (χ0n) is 10.5. The van der Waals surface area contributed by atoms with Crippen molar-refractivity contribution in [2.24, 2.45) is 0 Å². The van der Waals surface area contributed by atoms with Crippen molar-refractivity contribution in [1.82, 2.24) is 5.32 Å². The van der Waals surface area contributed by atoms with Gasteiger partial charge in [0.25, 0.3) is 6.43 Å². The molecule has 0 radical (unpaired) electrons. The van der Waals surface area contributed by atoms with Crippen molar-refractivity contribution in [3.8, 4) is 0 Å². The first-order valence-electron chi connectivity index (χ1n) is 6.39. The third-order valence-corrected chi connectivity index (χ3v) is 3.38. The molecule has 0 aliphatic carbocycles. The van der Waals surface area contributed by atoms with Gasteiger partial charge in [-0.15, -0.1) is 0 Å². The highest BCUT2D eigenvalue weighted by Crippen LogP contribution is 2.19. The summed E-state index contributed by atoms with van der Waals surface area (Å²) in [6, 6.07) is 6.76. The molecule has 1 N–H and O–H groups in total. The number of hydrogen-bond donors (Lipinski definition) is 1. The van der Waals surface area contributed by atoms with Gasteiger partial charge in [0.2, 0.25) is 0 Å². The van der Waals surface area contributed by atoms with Gasteiger partial charge in [-0.1, -0.05) is 24.3 Å². The molecule has 2 rings (SSSR count). The van der Waals surface area contributed by atoms with E-state index in [2.05, 4.69) is 12.2 Å². The van der Waals surface area contributed by atoms with E-state index in [0.29, 0.717) is 12.6 Å². The van der Waals surface area contributed by atoms with Crippen molar-refractivity contribution in [2.75, 3.05) is 6.61 Å². The summed E-state index contributed by atoms with van der Waals surface area (Å²) < 4.78 is 30.4. The first kappa shape index (κ1) is 13.4. The van der Waals surface area contributed by atoms with Crippen LogP contribution in [0.1, 0.15) is 37.3 Å². The molecular weight excluding hydrogens is 236 g/mol. The number of hydrogen-bond acceptors (Lipinski definition) is 2. The molecule has 0 saturated carbocycles.